The highest BCUT2D eigenvalue weighted by molar-refractivity contribution is 5.94. The highest BCUT2D eigenvalue weighted by atomic mass is 16.2. The summed E-state index contributed by atoms with van der Waals surface area (Å²) in [6.07, 6.45) is 2.01. The maximum atomic E-state index is 12.2. The molecule has 2 amide bonds. The summed E-state index contributed by atoms with van der Waals surface area (Å²) in [5.74, 6) is -0.164. The third kappa shape index (κ3) is 2.67. The zero-order chi connectivity index (χ0) is 14.0. The fourth-order valence-electron chi connectivity index (χ4n) is 2.05. The third-order valence-electron chi connectivity index (χ3n) is 3.27. The predicted octanol–water partition coefficient (Wildman–Crippen LogP) is 0.0372. The molecule has 0 bridgehead atoms. The van der Waals surface area contributed by atoms with Crippen LogP contribution in [0, 0.1) is 0 Å². The number of nitrogens with zero attached hydrogens (tertiary/aromatic N) is 3. The van der Waals surface area contributed by atoms with Crippen LogP contribution in [-0.2, 0) is 11.8 Å². The number of hydrogen-bond acceptors (Lipinski definition) is 3. The van der Waals surface area contributed by atoms with Crippen LogP contribution in [0.4, 0.5) is 0 Å². The Bertz CT molecular complexity index is 564. The molecule has 0 N–H and O–H groups in total. The fraction of sp³-hybridized carbons (Fsp3) is 0.462. The molecule has 0 radical (unpaired) electrons. The normalized spacial score (nSPS) is 14.8. The van der Waals surface area contributed by atoms with E-state index in [4.69, 9.17) is 0 Å². The quantitative estimate of drug-likeness (QED) is 0.756. The van der Waals surface area contributed by atoms with E-state index in [0.717, 1.165) is 0 Å². The Kier molecular flexibility index (Phi) is 3.69. The van der Waals surface area contributed by atoms with Gasteiger partial charge in [-0.1, -0.05) is 6.92 Å². The number of carbonyl (C=O) groups excluding carboxylic acids is 2. The van der Waals surface area contributed by atoms with Crippen molar-refractivity contribution in [3.8, 4) is 0 Å². The molecule has 0 saturated carbocycles. The lowest BCUT2D eigenvalue weighted by atomic mass is 10.2. The van der Waals surface area contributed by atoms with Crippen LogP contribution in [0.5, 0.6) is 0 Å². The van der Waals surface area contributed by atoms with E-state index in [1.54, 1.807) is 36.0 Å². The maximum Gasteiger partial charge on any atom is 0.255 e. The van der Waals surface area contributed by atoms with Crippen molar-refractivity contribution in [3.05, 3.63) is 34.2 Å². The van der Waals surface area contributed by atoms with Crippen LogP contribution in [0.2, 0.25) is 0 Å². The molecule has 19 heavy (non-hydrogen) atoms. The molecule has 6 nitrogen and oxygen atoms in total. The second-order valence-electron chi connectivity index (χ2n) is 4.59. The Labute approximate surface area is 111 Å². The second kappa shape index (κ2) is 5.26. The van der Waals surface area contributed by atoms with Crippen molar-refractivity contribution in [2.45, 2.75) is 13.3 Å². The van der Waals surface area contributed by atoms with E-state index in [1.165, 1.54) is 10.6 Å². The lowest BCUT2D eigenvalue weighted by Gasteiger charge is -2.18. The van der Waals surface area contributed by atoms with Gasteiger partial charge in [-0.05, 0) is 6.07 Å². The predicted molar refractivity (Wildman–Crippen MR) is 69.6 cm³/mol. The topological polar surface area (TPSA) is 62.6 Å². The second-order valence-corrected chi connectivity index (χ2v) is 4.59. The molecule has 1 aromatic rings. The first-order chi connectivity index (χ1) is 9.02. The third-order valence-corrected chi connectivity index (χ3v) is 3.27. The number of aromatic nitrogens is 1. The zero-order valence-corrected chi connectivity index (χ0v) is 11.1. The summed E-state index contributed by atoms with van der Waals surface area (Å²) in [5.41, 5.74) is 0.153. The molecule has 1 saturated heterocycles. The van der Waals surface area contributed by atoms with Gasteiger partial charge in [-0.3, -0.25) is 14.4 Å². The van der Waals surface area contributed by atoms with Gasteiger partial charge in [-0.25, -0.2) is 0 Å². The Morgan fingerprint density at radius 3 is 2.58 bits per heavy atom. The number of hydrogen-bond donors (Lipinski definition) is 0. The minimum atomic E-state index is -0.216. The van der Waals surface area contributed by atoms with E-state index in [1.807, 2.05) is 0 Å². The Morgan fingerprint density at radius 2 is 1.95 bits per heavy atom. The molecule has 1 aliphatic heterocycles. The Morgan fingerprint density at radius 1 is 1.26 bits per heavy atom. The molecule has 1 aromatic heterocycles. The highest BCUT2D eigenvalue weighted by Crippen LogP contribution is 2.10. The molecule has 0 atom stereocenters. The molecule has 0 spiro atoms. The first-order valence-corrected chi connectivity index (χ1v) is 6.26. The van der Waals surface area contributed by atoms with Gasteiger partial charge in [0.05, 0.1) is 6.67 Å². The molecule has 2 heterocycles. The minimum absolute atomic E-state index is 0.0410. The van der Waals surface area contributed by atoms with E-state index in [-0.39, 0.29) is 17.4 Å². The van der Waals surface area contributed by atoms with E-state index >= 15 is 0 Å². The summed E-state index contributed by atoms with van der Waals surface area (Å²) in [4.78, 5) is 38.5. The number of rotatable bonds is 2. The average molecular weight is 263 g/mol. The van der Waals surface area contributed by atoms with E-state index in [0.29, 0.717) is 31.7 Å². The van der Waals surface area contributed by atoms with Gasteiger partial charge in [0, 0.05) is 44.4 Å². The summed E-state index contributed by atoms with van der Waals surface area (Å²) in [5, 5.41) is 0. The van der Waals surface area contributed by atoms with Gasteiger partial charge in [-0.2, -0.15) is 0 Å². The Balaban J connectivity index is 2.11. The van der Waals surface area contributed by atoms with E-state index < -0.39 is 0 Å². The Hall–Kier alpha value is -2.11. The van der Waals surface area contributed by atoms with E-state index in [2.05, 4.69) is 0 Å². The lowest BCUT2D eigenvalue weighted by Crippen LogP contribution is -2.34. The molecular formula is C13H17N3O3. The van der Waals surface area contributed by atoms with Crippen molar-refractivity contribution < 1.29 is 9.59 Å². The smallest absolute Gasteiger partial charge is 0.255 e. The van der Waals surface area contributed by atoms with Gasteiger partial charge >= 0.3 is 0 Å². The summed E-state index contributed by atoms with van der Waals surface area (Å²) in [6.45, 7) is 3.18. The standard InChI is InChI=1S/C13H17N3O3/c1-3-11(17)15-6-7-16(9-15)13(19)10-4-5-14(2)12(18)8-10/h4-5,8H,3,6-7,9H2,1-2H3. The van der Waals surface area contributed by atoms with Crippen LogP contribution in [-0.4, -0.2) is 45.9 Å². The van der Waals surface area contributed by atoms with Gasteiger partial charge in [0.2, 0.25) is 5.91 Å². The summed E-state index contributed by atoms with van der Waals surface area (Å²) >= 11 is 0. The molecule has 0 aliphatic carbocycles. The van der Waals surface area contributed by atoms with Crippen molar-refractivity contribution >= 4 is 11.8 Å². The van der Waals surface area contributed by atoms with Crippen molar-refractivity contribution in [1.82, 2.24) is 14.4 Å². The number of pyridine rings is 1. The summed E-state index contributed by atoms with van der Waals surface area (Å²) < 4.78 is 1.41. The maximum absolute atomic E-state index is 12.2. The molecular weight excluding hydrogens is 246 g/mol. The monoisotopic (exact) mass is 263 g/mol. The highest BCUT2D eigenvalue weighted by Gasteiger charge is 2.27. The molecule has 6 heteroatoms. The lowest BCUT2D eigenvalue weighted by molar-refractivity contribution is -0.130. The minimum Gasteiger partial charge on any atom is -0.323 e. The molecule has 1 fully saturated rings. The fourth-order valence-corrected chi connectivity index (χ4v) is 2.05. The molecule has 102 valence electrons. The largest absolute Gasteiger partial charge is 0.323 e. The van der Waals surface area contributed by atoms with Crippen molar-refractivity contribution in [3.63, 3.8) is 0 Å². The molecule has 2 rings (SSSR count). The van der Waals surface area contributed by atoms with Crippen LogP contribution in [0.3, 0.4) is 0 Å². The van der Waals surface area contributed by atoms with Gasteiger partial charge < -0.3 is 14.4 Å². The SMILES string of the molecule is CCC(=O)N1CCN(C(=O)c2ccn(C)c(=O)c2)C1. The van der Waals surface area contributed by atoms with Crippen LogP contribution >= 0.6 is 0 Å². The van der Waals surface area contributed by atoms with Gasteiger partial charge in [0.1, 0.15) is 0 Å². The molecule has 1 aliphatic rings. The molecule has 0 aromatic carbocycles. The first kappa shape index (κ1) is 13.3. The van der Waals surface area contributed by atoms with E-state index in [9.17, 15) is 14.4 Å². The van der Waals surface area contributed by atoms with Gasteiger partial charge in [-0.15, -0.1) is 0 Å². The van der Waals surface area contributed by atoms with Gasteiger partial charge in [0.25, 0.3) is 11.5 Å². The number of carbonyl (C=O) groups is 2. The van der Waals surface area contributed by atoms with Crippen LogP contribution < -0.4 is 5.56 Å². The average Bonchev–Trinajstić information content (AvgIpc) is 2.89. The van der Waals surface area contributed by atoms with Crippen LogP contribution in [0.25, 0.3) is 0 Å². The van der Waals surface area contributed by atoms with Crippen molar-refractivity contribution in [1.29, 1.82) is 0 Å². The van der Waals surface area contributed by atoms with Gasteiger partial charge in [0.15, 0.2) is 0 Å². The number of aryl methyl sites for hydroxylation is 1. The summed E-state index contributed by atoms with van der Waals surface area (Å²) in [7, 11) is 1.63. The summed E-state index contributed by atoms with van der Waals surface area (Å²) in [6, 6.07) is 2.95. The van der Waals surface area contributed by atoms with Crippen LogP contribution in [0.1, 0.15) is 23.7 Å². The van der Waals surface area contributed by atoms with Crippen molar-refractivity contribution in [2.75, 3.05) is 19.8 Å². The first-order valence-electron chi connectivity index (χ1n) is 6.26. The van der Waals surface area contributed by atoms with Crippen LogP contribution in [0.15, 0.2) is 23.1 Å². The zero-order valence-electron chi connectivity index (χ0n) is 11.1. The molecule has 0 unspecified atom stereocenters. The van der Waals surface area contributed by atoms with Crippen molar-refractivity contribution in [2.24, 2.45) is 7.05 Å². The number of amides is 2.